The maximum atomic E-state index is 10.9. The molecule has 1 N–H and O–H groups in total. The van der Waals surface area contributed by atoms with Crippen LogP contribution in [0.25, 0.3) is 11.1 Å². The van der Waals surface area contributed by atoms with Gasteiger partial charge in [-0.2, -0.15) is 12.6 Å². The third-order valence-corrected chi connectivity index (χ3v) is 2.38. The molecule has 4 heteroatoms. The average Bonchev–Trinajstić information content (AvgIpc) is 2.41. The summed E-state index contributed by atoms with van der Waals surface area (Å²) in [6, 6.07) is 5.57. The van der Waals surface area contributed by atoms with Gasteiger partial charge in [-0.3, -0.25) is 4.98 Å². The van der Waals surface area contributed by atoms with Gasteiger partial charge in [0.25, 0.3) is 0 Å². The molecule has 0 saturated heterocycles. The summed E-state index contributed by atoms with van der Waals surface area (Å²) in [5.41, 5.74) is 2.34. The molecule has 0 aliphatic rings. The monoisotopic (exact) mass is 209 g/mol. The fraction of sp³-hybridized carbons (Fsp3) is 0.300. The Labute approximate surface area is 86.5 Å². The van der Waals surface area contributed by atoms with Crippen molar-refractivity contribution in [3.8, 4) is 0 Å². The smallest absolute Gasteiger partial charge is 0.408 e. The number of hydrogen-bond acceptors (Lipinski definition) is 3. The standard InChI is InChI=1S/C10H11NO2S/c1-10(2,14)6-3-4-8-7(5-6)11-9(12)13-8/h3-5,14H,1-2H3,(H,11,12). The minimum absolute atomic E-state index is 0.220. The number of oxazole rings is 1. The Morgan fingerprint density at radius 1 is 1.43 bits per heavy atom. The lowest BCUT2D eigenvalue weighted by atomic mass is 10.0. The SMILES string of the molecule is CC(C)(S)c1ccc2oc(=O)[nH]c2c1. The van der Waals surface area contributed by atoms with Gasteiger partial charge in [-0.05, 0) is 31.5 Å². The van der Waals surface area contributed by atoms with E-state index in [9.17, 15) is 4.79 Å². The van der Waals surface area contributed by atoms with Crippen molar-refractivity contribution in [3.63, 3.8) is 0 Å². The van der Waals surface area contributed by atoms with E-state index in [1.807, 2.05) is 26.0 Å². The van der Waals surface area contributed by atoms with Crippen LogP contribution < -0.4 is 5.76 Å². The summed E-state index contributed by atoms with van der Waals surface area (Å²) in [5.74, 6) is -0.422. The Kier molecular flexibility index (Phi) is 1.96. The highest BCUT2D eigenvalue weighted by molar-refractivity contribution is 7.81. The minimum atomic E-state index is -0.422. The number of aromatic amines is 1. The van der Waals surface area contributed by atoms with Crippen LogP contribution in [0.15, 0.2) is 27.4 Å². The summed E-state index contributed by atoms with van der Waals surface area (Å²) >= 11 is 4.45. The van der Waals surface area contributed by atoms with Crippen molar-refractivity contribution >= 4 is 23.7 Å². The number of hydrogen-bond donors (Lipinski definition) is 2. The minimum Gasteiger partial charge on any atom is -0.408 e. The van der Waals surface area contributed by atoms with Crippen molar-refractivity contribution in [2.45, 2.75) is 18.6 Å². The second kappa shape index (κ2) is 2.92. The largest absolute Gasteiger partial charge is 0.417 e. The van der Waals surface area contributed by atoms with Crippen LogP contribution >= 0.6 is 12.6 Å². The molecule has 0 unspecified atom stereocenters. The van der Waals surface area contributed by atoms with Crippen LogP contribution in [-0.2, 0) is 4.75 Å². The van der Waals surface area contributed by atoms with Crippen LogP contribution in [0.1, 0.15) is 19.4 Å². The molecule has 74 valence electrons. The fourth-order valence-electron chi connectivity index (χ4n) is 1.33. The molecule has 0 aliphatic heterocycles. The fourth-order valence-corrected chi connectivity index (χ4v) is 1.47. The van der Waals surface area contributed by atoms with Crippen molar-refractivity contribution in [2.24, 2.45) is 0 Å². The number of benzene rings is 1. The summed E-state index contributed by atoms with van der Waals surface area (Å²) < 4.78 is 4.68. The number of aromatic nitrogens is 1. The van der Waals surface area contributed by atoms with Crippen LogP contribution in [0.3, 0.4) is 0 Å². The van der Waals surface area contributed by atoms with E-state index in [-0.39, 0.29) is 4.75 Å². The van der Waals surface area contributed by atoms with Gasteiger partial charge in [0, 0.05) is 4.75 Å². The molecule has 1 heterocycles. The summed E-state index contributed by atoms with van der Waals surface area (Å²) in [4.78, 5) is 13.5. The number of rotatable bonds is 1. The molecular weight excluding hydrogens is 198 g/mol. The molecule has 2 rings (SSSR count). The van der Waals surface area contributed by atoms with Crippen LogP contribution in [0.5, 0.6) is 0 Å². The molecule has 3 nitrogen and oxygen atoms in total. The predicted molar refractivity (Wildman–Crippen MR) is 58.8 cm³/mol. The zero-order chi connectivity index (χ0) is 10.3. The predicted octanol–water partition coefficient (Wildman–Crippen LogP) is 2.29. The molecule has 2 aromatic rings. The third-order valence-electron chi connectivity index (χ3n) is 2.13. The number of nitrogens with one attached hydrogen (secondary N) is 1. The van der Waals surface area contributed by atoms with E-state index in [2.05, 4.69) is 17.6 Å². The highest BCUT2D eigenvalue weighted by Crippen LogP contribution is 2.28. The van der Waals surface area contributed by atoms with E-state index in [4.69, 9.17) is 4.42 Å². The van der Waals surface area contributed by atoms with Crippen molar-refractivity contribution in [1.82, 2.24) is 4.98 Å². The zero-order valence-electron chi connectivity index (χ0n) is 8.00. The number of thiol groups is 1. The van der Waals surface area contributed by atoms with Gasteiger partial charge in [0.05, 0.1) is 5.52 Å². The quantitative estimate of drug-likeness (QED) is 0.708. The van der Waals surface area contributed by atoms with Crippen LogP contribution in [0, 0.1) is 0 Å². The summed E-state index contributed by atoms with van der Waals surface area (Å²) in [6.45, 7) is 3.99. The van der Waals surface area contributed by atoms with Gasteiger partial charge in [0.15, 0.2) is 5.58 Å². The molecule has 0 amide bonds. The first kappa shape index (κ1) is 9.40. The maximum absolute atomic E-state index is 10.9. The Morgan fingerprint density at radius 2 is 2.14 bits per heavy atom. The van der Waals surface area contributed by atoms with Gasteiger partial charge in [-0.25, -0.2) is 4.79 Å². The number of fused-ring (bicyclic) bond motifs is 1. The lowest BCUT2D eigenvalue weighted by Crippen LogP contribution is -2.06. The average molecular weight is 209 g/mol. The van der Waals surface area contributed by atoms with E-state index in [0.29, 0.717) is 5.58 Å². The van der Waals surface area contributed by atoms with E-state index in [0.717, 1.165) is 11.1 Å². The molecule has 0 spiro atoms. The van der Waals surface area contributed by atoms with Gasteiger partial charge in [-0.1, -0.05) is 6.07 Å². The molecule has 14 heavy (non-hydrogen) atoms. The van der Waals surface area contributed by atoms with Crippen LogP contribution in [0.2, 0.25) is 0 Å². The lowest BCUT2D eigenvalue weighted by Gasteiger charge is -2.17. The Hall–Kier alpha value is -1.16. The van der Waals surface area contributed by atoms with Crippen LogP contribution in [-0.4, -0.2) is 4.98 Å². The van der Waals surface area contributed by atoms with E-state index >= 15 is 0 Å². The van der Waals surface area contributed by atoms with Gasteiger partial charge >= 0.3 is 5.76 Å². The normalized spacial score (nSPS) is 12.2. The Balaban J connectivity index is 2.67. The molecule has 1 aromatic carbocycles. The lowest BCUT2D eigenvalue weighted by molar-refractivity contribution is 0.555. The summed E-state index contributed by atoms with van der Waals surface area (Å²) in [6.07, 6.45) is 0. The molecule has 1 aromatic heterocycles. The molecule has 0 radical (unpaired) electrons. The molecule has 0 fully saturated rings. The second-order valence-corrected chi connectivity index (χ2v) is 4.90. The first-order chi connectivity index (χ1) is 6.47. The third kappa shape index (κ3) is 1.57. The van der Waals surface area contributed by atoms with Gasteiger partial charge < -0.3 is 4.42 Å². The Bertz CT molecular complexity index is 519. The first-order valence-corrected chi connectivity index (χ1v) is 4.77. The van der Waals surface area contributed by atoms with Crippen molar-refractivity contribution in [2.75, 3.05) is 0 Å². The van der Waals surface area contributed by atoms with Crippen molar-refractivity contribution < 1.29 is 4.42 Å². The second-order valence-electron chi connectivity index (χ2n) is 3.78. The molecule has 0 atom stereocenters. The topological polar surface area (TPSA) is 46.0 Å². The van der Waals surface area contributed by atoms with Gasteiger partial charge in [0.2, 0.25) is 0 Å². The zero-order valence-corrected chi connectivity index (χ0v) is 8.89. The first-order valence-electron chi connectivity index (χ1n) is 4.32. The van der Waals surface area contributed by atoms with Crippen molar-refractivity contribution in [1.29, 1.82) is 0 Å². The highest BCUT2D eigenvalue weighted by Gasteiger charge is 2.15. The number of H-pyrrole nitrogens is 1. The van der Waals surface area contributed by atoms with Gasteiger partial charge in [0.1, 0.15) is 0 Å². The van der Waals surface area contributed by atoms with E-state index < -0.39 is 5.76 Å². The molecular formula is C10H11NO2S. The van der Waals surface area contributed by atoms with E-state index in [1.54, 1.807) is 6.07 Å². The summed E-state index contributed by atoms with van der Waals surface area (Å²) in [5, 5.41) is 0. The molecule has 0 bridgehead atoms. The molecule has 0 saturated carbocycles. The highest BCUT2D eigenvalue weighted by atomic mass is 32.1. The van der Waals surface area contributed by atoms with Crippen LogP contribution in [0.4, 0.5) is 0 Å². The Morgan fingerprint density at radius 3 is 2.79 bits per heavy atom. The van der Waals surface area contributed by atoms with Gasteiger partial charge in [-0.15, -0.1) is 0 Å². The maximum Gasteiger partial charge on any atom is 0.417 e. The van der Waals surface area contributed by atoms with Crippen molar-refractivity contribution in [3.05, 3.63) is 34.3 Å². The summed E-state index contributed by atoms with van der Waals surface area (Å²) in [7, 11) is 0. The molecule has 0 aliphatic carbocycles. The van der Waals surface area contributed by atoms with E-state index in [1.165, 1.54) is 0 Å².